The summed E-state index contributed by atoms with van der Waals surface area (Å²) in [6.45, 7) is 0.444. The lowest BCUT2D eigenvalue weighted by molar-refractivity contribution is -0.120. The van der Waals surface area contributed by atoms with Crippen LogP contribution in [0.2, 0.25) is 0 Å². The molecular formula is C26H23BrN4O4. The fourth-order valence-electron chi connectivity index (χ4n) is 2.99. The van der Waals surface area contributed by atoms with E-state index in [1.807, 2.05) is 18.2 Å². The predicted octanol–water partition coefficient (Wildman–Crippen LogP) is 4.18. The molecule has 0 aliphatic heterocycles. The highest BCUT2D eigenvalue weighted by molar-refractivity contribution is 9.10. The van der Waals surface area contributed by atoms with Gasteiger partial charge >= 0.3 is 0 Å². The van der Waals surface area contributed by atoms with E-state index < -0.39 is 0 Å². The molecule has 3 aromatic rings. The first-order valence-electron chi connectivity index (χ1n) is 10.6. The molecule has 35 heavy (non-hydrogen) atoms. The van der Waals surface area contributed by atoms with Crippen LogP contribution >= 0.6 is 15.9 Å². The molecule has 8 nitrogen and oxygen atoms in total. The summed E-state index contributed by atoms with van der Waals surface area (Å²) in [5.41, 5.74) is 5.04. The molecule has 0 bridgehead atoms. The van der Waals surface area contributed by atoms with Gasteiger partial charge in [-0.05, 0) is 70.0 Å². The number of rotatable bonds is 10. The van der Waals surface area contributed by atoms with Crippen molar-refractivity contribution in [2.75, 3.05) is 13.7 Å². The smallest absolute Gasteiger partial charge is 0.251 e. The Morgan fingerprint density at radius 3 is 2.60 bits per heavy atom. The summed E-state index contributed by atoms with van der Waals surface area (Å²) in [5, 5.41) is 15.8. The fraction of sp³-hybridized carbons (Fsp3) is 0.154. The van der Waals surface area contributed by atoms with E-state index in [1.54, 1.807) is 55.6 Å². The number of hydrogen-bond donors (Lipinski definition) is 2. The lowest BCUT2D eigenvalue weighted by atomic mass is 10.1. The Kier molecular flexibility index (Phi) is 9.39. The Labute approximate surface area is 211 Å². The van der Waals surface area contributed by atoms with Crippen LogP contribution in [0.3, 0.4) is 0 Å². The number of ether oxygens (including phenoxy) is 2. The highest BCUT2D eigenvalue weighted by Gasteiger charge is 2.08. The van der Waals surface area contributed by atoms with Gasteiger partial charge in [-0.15, -0.1) is 0 Å². The van der Waals surface area contributed by atoms with Gasteiger partial charge in [0.2, 0.25) is 5.91 Å². The number of halogens is 1. The quantitative estimate of drug-likeness (QED) is 0.299. The molecule has 3 aromatic carbocycles. The second kappa shape index (κ2) is 12.9. The zero-order valence-corrected chi connectivity index (χ0v) is 20.5. The van der Waals surface area contributed by atoms with E-state index in [1.165, 1.54) is 6.21 Å². The molecule has 0 fully saturated rings. The second-order valence-corrected chi connectivity index (χ2v) is 8.13. The van der Waals surface area contributed by atoms with E-state index in [2.05, 4.69) is 37.8 Å². The molecule has 0 aromatic heterocycles. The van der Waals surface area contributed by atoms with Crippen LogP contribution in [-0.4, -0.2) is 31.7 Å². The third-order valence-corrected chi connectivity index (χ3v) is 5.49. The maximum Gasteiger partial charge on any atom is 0.251 e. The molecule has 0 atom stereocenters. The number of nitrogens with zero attached hydrogens (tertiary/aromatic N) is 2. The first-order valence-corrected chi connectivity index (χ1v) is 11.4. The molecule has 2 amide bonds. The highest BCUT2D eigenvalue weighted by Crippen LogP contribution is 2.26. The number of carbonyl (C=O) groups excluding carboxylic acids is 2. The first kappa shape index (κ1) is 25.5. The summed E-state index contributed by atoms with van der Waals surface area (Å²) in [4.78, 5) is 24.1. The minimum Gasteiger partial charge on any atom is -0.497 e. The van der Waals surface area contributed by atoms with Crippen LogP contribution in [0.4, 0.5) is 0 Å². The van der Waals surface area contributed by atoms with Gasteiger partial charge in [0.05, 0.1) is 29.4 Å². The molecule has 0 aliphatic rings. The molecule has 0 aliphatic carbocycles. The van der Waals surface area contributed by atoms with Crippen molar-refractivity contribution in [1.82, 2.24) is 10.7 Å². The number of hydrogen-bond acceptors (Lipinski definition) is 6. The summed E-state index contributed by atoms with van der Waals surface area (Å²) >= 11 is 3.47. The Morgan fingerprint density at radius 1 is 1.11 bits per heavy atom. The van der Waals surface area contributed by atoms with Crippen molar-refractivity contribution in [1.29, 1.82) is 5.26 Å². The molecule has 2 N–H and O–H groups in total. The summed E-state index contributed by atoms with van der Waals surface area (Å²) in [6, 6.07) is 21.5. The lowest BCUT2D eigenvalue weighted by Gasteiger charge is -2.10. The van der Waals surface area contributed by atoms with Crippen molar-refractivity contribution < 1.29 is 19.1 Å². The first-order chi connectivity index (χ1) is 17.0. The van der Waals surface area contributed by atoms with Gasteiger partial charge in [0, 0.05) is 24.1 Å². The molecule has 0 saturated heterocycles. The zero-order valence-electron chi connectivity index (χ0n) is 19.0. The summed E-state index contributed by atoms with van der Waals surface area (Å²) in [6.07, 6.45) is 1.59. The monoisotopic (exact) mass is 534 g/mol. The van der Waals surface area contributed by atoms with Crippen LogP contribution in [0, 0.1) is 11.3 Å². The van der Waals surface area contributed by atoms with Crippen LogP contribution in [0.5, 0.6) is 11.5 Å². The van der Waals surface area contributed by atoms with Crippen molar-refractivity contribution in [3.63, 3.8) is 0 Å². The number of methoxy groups -OCH3 is 1. The van der Waals surface area contributed by atoms with Crippen molar-refractivity contribution in [2.24, 2.45) is 5.10 Å². The van der Waals surface area contributed by atoms with E-state index in [-0.39, 0.29) is 31.4 Å². The van der Waals surface area contributed by atoms with Gasteiger partial charge in [-0.25, -0.2) is 5.43 Å². The number of amides is 2. The third kappa shape index (κ3) is 7.69. The van der Waals surface area contributed by atoms with Crippen molar-refractivity contribution >= 4 is 34.0 Å². The lowest BCUT2D eigenvalue weighted by Crippen LogP contribution is -2.29. The van der Waals surface area contributed by atoms with E-state index in [0.717, 1.165) is 11.1 Å². The molecule has 0 unspecified atom stereocenters. The van der Waals surface area contributed by atoms with Gasteiger partial charge in [-0.2, -0.15) is 10.4 Å². The Bertz CT molecular complexity index is 1250. The maximum absolute atomic E-state index is 12.1. The Morgan fingerprint density at radius 2 is 1.89 bits per heavy atom. The topological polar surface area (TPSA) is 113 Å². The van der Waals surface area contributed by atoms with Crippen molar-refractivity contribution in [3.8, 4) is 17.6 Å². The number of nitriles is 1. The van der Waals surface area contributed by atoms with Gasteiger partial charge in [-0.1, -0.05) is 18.2 Å². The second-order valence-electron chi connectivity index (χ2n) is 7.28. The Hall–Kier alpha value is -4.16. The van der Waals surface area contributed by atoms with Crippen LogP contribution in [-0.2, 0) is 11.4 Å². The number of nitrogens with one attached hydrogen (secondary N) is 2. The van der Waals surface area contributed by atoms with Gasteiger partial charge < -0.3 is 14.8 Å². The number of hydrazone groups is 1. The summed E-state index contributed by atoms with van der Waals surface area (Å²) in [5.74, 6) is 0.680. The number of benzene rings is 3. The molecular weight excluding hydrogens is 512 g/mol. The number of carbonyl (C=O) groups is 2. The van der Waals surface area contributed by atoms with E-state index in [0.29, 0.717) is 27.1 Å². The van der Waals surface area contributed by atoms with E-state index >= 15 is 0 Å². The standard InChI is InChI=1S/C26H23BrN4O4/c1-34-22-9-7-19(8-10-22)26(33)29-13-12-25(32)31-30-16-18-6-11-24(23(27)14-18)35-17-21-5-3-2-4-20(21)15-28/h2-11,14,16H,12-13,17H2,1H3,(H,29,33)(H,31,32). The molecule has 0 heterocycles. The third-order valence-electron chi connectivity index (χ3n) is 4.87. The average molecular weight is 535 g/mol. The van der Waals surface area contributed by atoms with Gasteiger partial charge in [0.25, 0.3) is 5.91 Å². The van der Waals surface area contributed by atoms with Crippen LogP contribution in [0.1, 0.15) is 33.5 Å². The van der Waals surface area contributed by atoms with E-state index in [9.17, 15) is 14.9 Å². The minimum absolute atomic E-state index is 0.0832. The Balaban J connectivity index is 1.43. The molecule has 0 saturated carbocycles. The fourth-order valence-corrected chi connectivity index (χ4v) is 3.50. The largest absolute Gasteiger partial charge is 0.497 e. The van der Waals surface area contributed by atoms with Gasteiger partial charge in [-0.3, -0.25) is 9.59 Å². The van der Waals surface area contributed by atoms with Crippen LogP contribution < -0.4 is 20.2 Å². The highest BCUT2D eigenvalue weighted by atomic mass is 79.9. The maximum atomic E-state index is 12.1. The van der Waals surface area contributed by atoms with Crippen molar-refractivity contribution in [2.45, 2.75) is 13.0 Å². The normalized spacial score (nSPS) is 10.4. The zero-order chi connectivity index (χ0) is 25.0. The summed E-state index contributed by atoms with van der Waals surface area (Å²) < 4.78 is 11.6. The molecule has 178 valence electrons. The van der Waals surface area contributed by atoms with Crippen molar-refractivity contribution in [3.05, 3.63) is 93.5 Å². The molecule has 0 spiro atoms. The van der Waals surface area contributed by atoms with E-state index in [4.69, 9.17) is 9.47 Å². The molecule has 0 radical (unpaired) electrons. The van der Waals surface area contributed by atoms with Crippen LogP contribution in [0.15, 0.2) is 76.3 Å². The van der Waals surface area contributed by atoms with Gasteiger partial charge in [0.1, 0.15) is 18.1 Å². The predicted molar refractivity (Wildman–Crippen MR) is 135 cm³/mol. The molecule has 3 rings (SSSR count). The SMILES string of the molecule is COc1ccc(C(=O)NCCC(=O)NN=Cc2ccc(OCc3ccccc3C#N)c(Br)c2)cc1. The molecule has 9 heteroatoms. The summed E-state index contributed by atoms with van der Waals surface area (Å²) in [7, 11) is 1.55. The van der Waals surface area contributed by atoms with Gasteiger partial charge in [0.15, 0.2) is 0 Å². The minimum atomic E-state index is -0.327. The average Bonchev–Trinajstić information content (AvgIpc) is 2.88. The van der Waals surface area contributed by atoms with Crippen LogP contribution in [0.25, 0.3) is 0 Å².